The molecule has 0 heterocycles. The van der Waals surface area contributed by atoms with Crippen LogP contribution in [0.1, 0.15) is 0 Å². The fourth-order valence-electron chi connectivity index (χ4n) is 0.243. The molecule has 58 valence electrons. The number of Topliss-reactive ketones (excluding diaryl/α,β-unsaturated/α-hetero) is 1. The predicted octanol–water partition coefficient (Wildman–Crippen LogP) is 1.45. The van der Waals surface area contributed by atoms with E-state index in [1.807, 2.05) is 18.8 Å². The van der Waals surface area contributed by atoms with Crippen molar-refractivity contribution in [2.45, 2.75) is 0 Å². The first-order valence-corrected chi connectivity index (χ1v) is 6.15. The SMILES string of the molecule is CS(C)(C)C#CC(=O)CCl. The van der Waals surface area contributed by atoms with Crippen LogP contribution in [0.2, 0.25) is 0 Å². The number of ketones is 1. The summed E-state index contributed by atoms with van der Waals surface area (Å²) in [5.74, 6) is 2.30. The molecule has 0 aliphatic heterocycles. The van der Waals surface area contributed by atoms with Crippen molar-refractivity contribution in [3.8, 4) is 11.2 Å². The predicted molar refractivity (Wildman–Crippen MR) is 48.9 cm³/mol. The minimum absolute atomic E-state index is 0.00250. The van der Waals surface area contributed by atoms with E-state index < -0.39 is 10.0 Å². The van der Waals surface area contributed by atoms with Crippen LogP contribution >= 0.6 is 21.6 Å². The average molecular weight is 179 g/mol. The molecule has 0 atom stereocenters. The molecule has 0 saturated carbocycles. The first-order valence-electron chi connectivity index (χ1n) is 2.75. The largest absolute Gasteiger partial charge is 0.284 e. The van der Waals surface area contributed by atoms with Crippen LogP contribution in [0.15, 0.2) is 0 Å². The molecule has 0 amide bonds. The van der Waals surface area contributed by atoms with Gasteiger partial charge in [0.1, 0.15) is 0 Å². The summed E-state index contributed by atoms with van der Waals surface area (Å²) in [5, 5.41) is 2.87. The Morgan fingerprint density at radius 1 is 1.50 bits per heavy atom. The second kappa shape index (κ2) is 3.90. The summed E-state index contributed by atoms with van der Waals surface area (Å²) in [5.41, 5.74) is 0. The van der Waals surface area contributed by atoms with Gasteiger partial charge in [0.2, 0.25) is 5.78 Å². The Bertz CT molecular complexity index is 182. The van der Waals surface area contributed by atoms with Gasteiger partial charge in [-0.25, -0.2) is 0 Å². The summed E-state index contributed by atoms with van der Waals surface area (Å²) >= 11 is 5.24. The highest BCUT2D eigenvalue weighted by Gasteiger charge is 1.97. The van der Waals surface area contributed by atoms with Crippen molar-refractivity contribution in [1.29, 1.82) is 0 Å². The first-order chi connectivity index (χ1) is 4.45. The zero-order chi connectivity index (χ0) is 8.20. The van der Waals surface area contributed by atoms with Crippen molar-refractivity contribution >= 4 is 27.4 Å². The molecule has 1 nitrogen and oxygen atoms in total. The summed E-state index contributed by atoms with van der Waals surface area (Å²) in [6.45, 7) is 0. The van der Waals surface area contributed by atoms with Crippen molar-refractivity contribution in [2.75, 3.05) is 24.6 Å². The van der Waals surface area contributed by atoms with Crippen molar-refractivity contribution in [2.24, 2.45) is 0 Å². The van der Waals surface area contributed by atoms with Crippen molar-refractivity contribution in [1.82, 2.24) is 0 Å². The van der Waals surface area contributed by atoms with Gasteiger partial charge in [-0.1, -0.05) is 0 Å². The van der Waals surface area contributed by atoms with Gasteiger partial charge in [0.25, 0.3) is 0 Å². The maximum absolute atomic E-state index is 10.6. The lowest BCUT2D eigenvalue weighted by Crippen LogP contribution is -1.94. The topological polar surface area (TPSA) is 17.1 Å². The summed E-state index contributed by atoms with van der Waals surface area (Å²) in [6.07, 6.45) is 6.09. The van der Waals surface area contributed by atoms with E-state index in [1.165, 1.54) is 0 Å². The maximum Gasteiger partial charge on any atom is 0.220 e. The second-order valence-electron chi connectivity index (χ2n) is 2.62. The maximum atomic E-state index is 10.6. The Balaban J connectivity index is 4.05. The molecule has 0 N–H and O–H groups in total. The normalized spacial score (nSPS) is 11.6. The number of alkyl halides is 1. The standard InChI is InChI=1S/C7H11ClOS/c1-10(2,3)5-4-7(9)6-8/h6H2,1-3H3. The zero-order valence-electron chi connectivity index (χ0n) is 6.40. The average Bonchev–Trinajstić information content (AvgIpc) is 1.81. The summed E-state index contributed by atoms with van der Waals surface area (Å²) in [7, 11) is -0.870. The van der Waals surface area contributed by atoms with Crippen molar-refractivity contribution in [3.63, 3.8) is 0 Å². The molecule has 0 fully saturated rings. The lowest BCUT2D eigenvalue weighted by molar-refractivity contribution is -0.111. The third kappa shape index (κ3) is 6.00. The third-order valence-corrected chi connectivity index (χ3v) is 1.58. The molecule has 0 spiro atoms. The van der Waals surface area contributed by atoms with E-state index >= 15 is 0 Å². The second-order valence-corrected chi connectivity index (χ2v) is 6.77. The van der Waals surface area contributed by atoms with Crippen LogP contribution in [0.25, 0.3) is 0 Å². The number of hydrogen-bond acceptors (Lipinski definition) is 1. The molecule has 0 rings (SSSR count). The van der Waals surface area contributed by atoms with Gasteiger partial charge in [-0.05, 0) is 29.9 Å². The molecular formula is C7H11ClOS. The minimum Gasteiger partial charge on any atom is -0.284 e. The third-order valence-electron chi connectivity index (χ3n) is 0.618. The van der Waals surface area contributed by atoms with E-state index in [9.17, 15) is 4.79 Å². The molecular weight excluding hydrogens is 168 g/mol. The highest BCUT2D eigenvalue weighted by molar-refractivity contribution is 8.36. The van der Waals surface area contributed by atoms with Crippen LogP contribution in [0.3, 0.4) is 0 Å². The summed E-state index contributed by atoms with van der Waals surface area (Å²) in [6, 6.07) is 0. The van der Waals surface area contributed by atoms with Crippen LogP contribution in [0.4, 0.5) is 0 Å². The smallest absolute Gasteiger partial charge is 0.220 e. The van der Waals surface area contributed by atoms with Gasteiger partial charge in [0.15, 0.2) is 0 Å². The van der Waals surface area contributed by atoms with Crippen LogP contribution < -0.4 is 0 Å². The summed E-state index contributed by atoms with van der Waals surface area (Å²) in [4.78, 5) is 10.6. The van der Waals surface area contributed by atoms with Gasteiger partial charge < -0.3 is 0 Å². The van der Waals surface area contributed by atoms with Gasteiger partial charge in [0, 0.05) is 0 Å². The number of carbonyl (C=O) groups excluding carboxylic acids is 1. The van der Waals surface area contributed by atoms with E-state index in [1.54, 1.807) is 0 Å². The van der Waals surface area contributed by atoms with Crippen LogP contribution in [-0.4, -0.2) is 30.4 Å². The zero-order valence-corrected chi connectivity index (χ0v) is 7.97. The summed E-state index contributed by atoms with van der Waals surface area (Å²) < 4.78 is 0. The number of rotatable bonds is 1. The number of halogens is 1. The van der Waals surface area contributed by atoms with E-state index in [0.29, 0.717) is 0 Å². The van der Waals surface area contributed by atoms with Crippen LogP contribution in [0.5, 0.6) is 0 Å². The fourth-order valence-corrected chi connectivity index (χ4v) is 0.730. The van der Waals surface area contributed by atoms with E-state index in [4.69, 9.17) is 11.6 Å². The minimum atomic E-state index is -0.870. The molecule has 0 radical (unpaired) electrons. The molecule has 0 aromatic rings. The molecule has 0 aromatic heterocycles. The highest BCUT2D eigenvalue weighted by Crippen LogP contribution is 2.31. The van der Waals surface area contributed by atoms with Crippen molar-refractivity contribution < 1.29 is 4.79 Å². The molecule has 0 bridgehead atoms. The molecule has 3 heteroatoms. The Labute approximate surface area is 68.5 Å². The molecule has 0 aromatic carbocycles. The van der Waals surface area contributed by atoms with E-state index in [-0.39, 0.29) is 11.7 Å². The van der Waals surface area contributed by atoms with Gasteiger partial charge in [-0.15, -0.1) is 11.6 Å². The Morgan fingerprint density at radius 2 is 2.00 bits per heavy atom. The van der Waals surface area contributed by atoms with E-state index in [2.05, 4.69) is 11.2 Å². The van der Waals surface area contributed by atoms with Gasteiger partial charge in [-0.2, -0.15) is 10.0 Å². The first kappa shape index (κ1) is 9.87. The lowest BCUT2D eigenvalue weighted by Gasteiger charge is -2.14. The number of carbonyl (C=O) groups is 1. The van der Waals surface area contributed by atoms with Gasteiger partial charge in [0.05, 0.1) is 5.88 Å². The monoisotopic (exact) mass is 178 g/mol. The number of hydrogen-bond donors (Lipinski definition) is 0. The quantitative estimate of drug-likeness (QED) is 0.439. The lowest BCUT2D eigenvalue weighted by atomic mass is 10.5. The molecule has 10 heavy (non-hydrogen) atoms. The van der Waals surface area contributed by atoms with E-state index in [0.717, 1.165) is 0 Å². The Kier molecular flexibility index (Phi) is 3.85. The highest BCUT2D eigenvalue weighted by atomic mass is 35.5. The molecule has 0 aliphatic rings. The molecule has 0 aliphatic carbocycles. The molecule has 0 saturated heterocycles. The van der Waals surface area contributed by atoms with Crippen molar-refractivity contribution in [3.05, 3.63) is 0 Å². The Morgan fingerprint density at radius 3 is 2.30 bits per heavy atom. The molecule has 0 unspecified atom stereocenters. The fraction of sp³-hybridized carbons (Fsp3) is 0.571. The van der Waals surface area contributed by atoms with Gasteiger partial charge >= 0.3 is 0 Å². The van der Waals surface area contributed by atoms with Crippen LogP contribution in [0, 0.1) is 11.2 Å². The van der Waals surface area contributed by atoms with Gasteiger partial charge in [-0.3, -0.25) is 4.79 Å². The van der Waals surface area contributed by atoms with Crippen LogP contribution in [-0.2, 0) is 4.79 Å². The Hall–Kier alpha value is -0.130.